The van der Waals surface area contributed by atoms with Crippen LogP contribution in [0.3, 0.4) is 0 Å². The third kappa shape index (κ3) is 5.57. The number of rotatable bonds is 6. The number of carbonyl (C=O) groups is 2. The predicted octanol–water partition coefficient (Wildman–Crippen LogP) is 4.43. The summed E-state index contributed by atoms with van der Waals surface area (Å²) in [6.07, 6.45) is -4.48. The van der Waals surface area contributed by atoms with Crippen molar-refractivity contribution in [3.05, 3.63) is 59.7 Å². The van der Waals surface area contributed by atoms with Crippen molar-refractivity contribution in [2.45, 2.75) is 37.0 Å². The molecule has 2 aromatic carbocycles. The fraction of sp³-hybridized carbons (Fsp3) is 0.286. The summed E-state index contributed by atoms with van der Waals surface area (Å²) in [6, 6.07) is 12.2. The van der Waals surface area contributed by atoms with Crippen LogP contribution < -0.4 is 10.6 Å². The Morgan fingerprint density at radius 1 is 1.16 bits per heavy atom. The first-order valence-electron chi connectivity index (χ1n) is 9.55. The summed E-state index contributed by atoms with van der Waals surface area (Å²) in [7, 11) is 0. The Balaban J connectivity index is 1.95. The van der Waals surface area contributed by atoms with Crippen molar-refractivity contribution in [2.75, 3.05) is 6.54 Å². The van der Waals surface area contributed by atoms with Crippen molar-refractivity contribution in [2.24, 2.45) is 0 Å². The van der Waals surface area contributed by atoms with Crippen LogP contribution in [-0.2, 0) is 17.5 Å². The lowest BCUT2D eigenvalue weighted by atomic mass is 10.2. The molecule has 2 N–H and O–H groups in total. The molecule has 0 fully saturated rings. The van der Waals surface area contributed by atoms with Crippen molar-refractivity contribution in [1.82, 2.24) is 20.2 Å². The van der Waals surface area contributed by atoms with Gasteiger partial charge < -0.3 is 9.88 Å². The molecule has 3 rings (SSSR count). The number of halogens is 3. The molecular weight excluding hydrogens is 429 g/mol. The van der Waals surface area contributed by atoms with E-state index in [1.807, 2.05) is 30.3 Å². The molecule has 0 bridgehead atoms. The second-order valence-electron chi connectivity index (χ2n) is 6.78. The van der Waals surface area contributed by atoms with Gasteiger partial charge in [-0.05, 0) is 37.6 Å². The topological polar surface area (TPSA) is 76.0 Å². The van der Waals surface area contributed by atoms with Crippen LogP contribution in [0.2, 0.25) is 0 Å². The van der Waals surface area contributed by atoms with Crippen LogP contribution in [0.5, 0.6) is 0 Å². The number of hydrogen-bond donors (Lipinski definition) is 2. The molecule has 0 unspecified atom stereocenters. The van der Waals surface area contributed by atoms with Gasteiger partial charge in [0.05, 0.1) is 28.4 Å². The molecule has 1 aromatic heterocycles. The second kappa shape index (κ2) is 9.42. The third-order valence-electron chi connectivity index (χ3n) is 4.45. The number of benzene rings is 2. The molecule has 0 saturated heterocycles. The molecule has 3 aromatic rings. The number of aromatic nitrogens is 2. The van der Waals surface area contributed by atoms with E-state index in [-0.39, 0.29) is 5.52 Å². The first-order valence-corrected chi connectivity index (χ1v) is 10.4. The zero-order valence-corrected chi connectivity index (χ0v) is 17.7. The monoisotopic (exact) mass is 450 g/mol. The minimum Gasteiger partial charge on any atom is -0.338 e. The molecule has 3 amide bonds. The minimum absolute atomic E-state index is 0.185. The van der Waals surface area contributed by atoms with E-state index in [0.29, 0.717) is 23.8 Å². The van der Waals surface area contributed by atoms with Gasteiger partial charge in [0.1, 0.15) is 0 Å². The van der Waals surface area contributed by atoms with Gasteiger partial charge in [-0.2, -0.15) is 13.2 Å². The van der Waals surface area contributed by atoms with E-state index in [2.05, 4.69) is 15.6 Å². The maximum Gasteiger partial charge on any atom is 0.416 e. The summed E-state index contributed by atoms with van der Waals surface area (Å²) in [5, 5.41) is 4.40. The Kier molecular flexibility index (Phi) is 6.89. The molecule has 0 aliphatic rings. The van der Waals surface area contributed by atoms with Crippen LogP contribution in [0.15, 0.2) is 53.7 Å². The second-order valence-corrected chi connectivity index (χ2v) is 8.08. The number of amides is 3. The highest BCUT2D eigenvalue weighted by Gasteiger charge is 2.31. The van der Waals surface area contributed by atoms with Crippen LogP contribution in [0.4, 0.5) is 18.0 Å². The Hall–Kier alpha value is -3.01. The molecule has 0 radical (unpaired) electrons. The zero-order chi connectivity index (χ0) is 22.6. The highest BCUT2D eigenvalue weighted by atomic mass is 32.2. The van der Waals surface area contributed by atoms with Crippen LogP contribution in [0.1, 0.15) is 25.0 Å². The van der Waals surface area contributed by atoms with E-state index in [1.54, 1.807) is 18.4 Å². The van der Waals surface area contributed by atoms with Crippen molar-refractivity contribution in [3.63, 3.8) is 0 Å². The van der Waals surface area contributed by atoms with Gasteiger partial charge in [0.2, 0.25) is 5.91 Å². The lowest BCUT2D eigenvalue weighted by molar-refractivity contribution is -0.137. The quantitative estimate of drug-likeness (QED) is 0.545. The number of fused-ring (bicyclic) bond motifs is 1. The van der Waals surface area contributed by atoms with E-state index in [0.717, 1.165) is 29.5 Å². The van der Waals surface area contributed by atoms with E-state index in [1.165, 1.54) is 6.07 Å². The Morgan fingerprint density at radius 2 is 1.87 bits per heavy atom. The standard InChI is InChI=1S/C21H21F3N4O2S/c1-3-25-19(30)27-18(29)13(2)31-20-26-16-11-15(21(22,23)24)9-10-17(16)28(20)12-14-7-5-4-6-8-14/h4-11,13H,3,12H2,1-2H3,(H2,25,27,29,30)/t13-/m0/s1. The summed E-state index contributed by atoms with van der Waals surface area (Å²) in [5.74, 6) is -0.523. The Bertz CT molecular complexity index is 1080. The molecular formula is C21H21F3N4O2S. The first-order chi connectivity index (χ1) is 14.7. The van der Waals surface area contributed by atoms with E-state index in [4.69, 9.17) is 0 Å². The molecule has 31 heavy (non-hydrogen) atoms. The van der Waals surface area contributed by atoms with Gasteiger partial charge in [-0.15, -0.1) is 0 Å². The molecule has 0 aliphatic heterocycles. The highest BCUT2D eigenvalue weighted by Crippen LogP contribution is 2.34. The molecule has 0 aliphatic carbocycles. The molecule has 0 saturated carbocycles. The lowest BCUT2D eigenvalue weighted by Crippen LogP contribution is -2.42. The van der Waals surface area contributed by atoms with Gasteiger partial charge in [0.25, 0.3) is 0 Å². The van der Waals surface area contributed by atoms with Gasteiger partial charge in [-0.1, -0.05) is 42.1 Å². The molecule has 6 nitrogen and oxygen atoms in total. The number of thioether (sulfide) groups is 1. The molecule has 1 atom stereocenters. The van der Waals surface area contributed by atoms with Gasteiger partial charge in [0.15, 0.2) is 5.16 Å². The van der Waals surface area contributed by atoms with Crippen molar-refractivity contribution >= 4 is 34.7 Å². The Morgan fingerprint density at radius 3 is 2.52 bits per heavy atom. The average molecular weight is 450 g/mol. The average Bonchev–Trinajstić information content (AvgIpc) is 3.04. The van der Waals surface area contributed by atoms with Gasteiger partial charge in [-0.3, -0.25) is 10.1 Å². The number of imide groups is 1. The van der Waals surface area contributed by atoms with E-state index < -0.39 is 28.9 Å². The lowest BCUT2D eigenvalue weighted by Gasteiger charge is -2.13. The maximum absolute atomic E-state index is 13.1. The molecule has 1 heterocycles. The van der Waals surface area contributed by atoms with E-state index >= 15 is 0 Å². The minimum atomic E-state index is -4.48. The summed E-state index contributed by atoms with van der Waals surface area (Å²) >= 11 is 1.08. The number of carbonyl (C=O) groups excluding carboxylic acids is 2. The van der Waals surface area contributed by atoms with Crippen molar-refractivity contribution in [1.29, 1.82) is 0 Å². The Labute approximate surface area is 181 Å². The predicted molar refractivity (Wildman–Crippen MR) is 113 cm³/mol. The number of nitrogens with one attached hydrogen (secondary N) is 2. The maximum atomic E-state index is 13.1. The van der Waals surface area contributed by atoms with Gasteiger partial charge in [0, 0.05) is 6.54 Å². The number of alkyl halides is 3. The number of imidazole rings is 1. The normalized spacial score (nSPS) is 12.5. The fourth-order valence-corrected chi connectivity index (χ4v) is 3.85. The smallest absolute Gasteiger partial charge is 0.338 e. The van der Waals surface area contributed by atoms with Gasteiger partial charge in [-0.25, -0.2) is 9.78 Å². The molecule has 10 heteroatoms. The molecule has 0 spiro atoms. The van der Waals surface area contributed by atoms with Crippen LogP contribution in [-0.4, -0.2) is 33.3 Å². The van der Waals surface area contributed by atoms with Crippen molar-refractivity contribution in [3.8, 4) is 0 Å². The SMILES string of the molecule is CCNC(=O)NC(=O)[C@H](C)Sc1nc2cc(C(F)(F)F)ccc2n1Cc1ccccc1. The fourth-order valence-electron chi connectivity index (χ4n) is 2.92. The van der Waals surface area contributed by atoms with Crippen molar-refractivity contribution < 1.29 is 22.8 Å². The third-order valence-corrected chi connectivity index (χ3v) is 5.54. The number of hydrogen-bond acceptors (Lipinski definition) is 4. The summed E-state index contributed by atoms with van der Waals surface area (Å²) < 4.78 is 41.2. The summed E-state index contributed by atoms with van der Waals surface area (Å²) in [5.41, 5.74) is 0.853. The largest absolute Gasteiger partial charge is 0.416 e. The number of urea groups is 1. The molecule has 164 valence electrons. The van der Waals surface area contributed by atoms with Crippen LogP contribution in [0.25, 0.3) is 11.0 Å². The van der Waals surface area contributed by atoms with E-state index in [9.17, 15) is 22.8 Å². The summed E-state index contributed by atoms with van der Waals surface area (Å²) in [6.45, 7) is 4.07. The van der Waals surface area contributed by atoms with Crippen LogP contribution in [0, 0.1) is 0 Å². The highest BCUT2D eigenvalue weighted by molar-refractivity contribution is 8.00. The first kappa shape index (κ1) is 22.7. The number of nitrogens with zero attached hydrogens (tertiary/aromatic N) is 2. The van der Waals surface area contributed by atoms with Gasteiger partial charge >= 0.3 is 12.2 Å². The van der Waals surface area contributed by atoms with Crippen LogP contribution >= 0.6 is 11.8 Å². The summed E-state index contributed by atoms with van der Waals surface area (Å²) in [4.78, 5) is 28.3. The zero-order valence-electron chi connectivity index (χ0n) is 16.9.